The molecule has 0 heterocycles. The fourth-order valence-corrected chi connectivity index (χ4v) is 3.24. The van der Waals surface area contributed by atoms with Gasteiger partial charge in [0.1, 0.15) is 0 Å². The Balaban J connectivity index is 2.50. The molecule has 1 rings (SSSR count). The van der Waals surface area contributed by atoms with E-state index in [1.807, 2.05) is 0 Å². The highest BCUT2D eigenvalue weighted by molar-refractivity contribution is 7.90. The minimum absolute atomic E-state index is 0.124. The number of rotatable bonds is 4. The molecule has 16 heavy (non-hydrogen) atoms. The van der Waals surface area contributed by atoms with Gasteiger partial charge in [-0.1, -0.05) is 32.1 Å². The van der Waals surface area contributed by atoms with E-state index >= 15 is 0 Å². The average Bonchev–Trinajstić information content (AvgIpc) is 2.20. The van der Waals surface area contributed by atoms with E-state index in [0.29, 0.717) is 0 Å². The van der Waals surface area contributed by atoms with Crippen molar-refractivity contribution in [1.82, 2.24) is 4.72 Å². The molecule has 1 unspecified atom stereocenters. The van der Waals surface area contributed by atoms with Crippen LogP contribution in [0.1, 0.15) is 51.9 Å². The summed E-state index contributed by atoms with van der Waals surface area (Å²) in [6.45, 7) is 1.84. The Labute approximate surface area is 99.0 Å². The largest absolute Gasteiger partial charge is 0.329 e. The molecule has 0 spiro atoms. The molecular formula is C11H24N2O2S. The molecule has 5 heteroatoms. The van der Waals surface area contributed by atoms with Crippen molar-refractivity contribution >= 4 is 10.0 Å². The zero-order chi connectivity index (χ0) is 12.0. The van der Waals surface area contributed by atoms with Gasteiger partial charge >= 0.3 is 0 Å². The SMILES string of the molecule is CC(CN)S(=O)(=O)NC1CCCCCCC1. The molecule has 0 aromatic carbocycles. The molecular weight excluding hydrogens is 224 g/mol. The summed E-state index contributed by atoms with van der Waals surface area (Å²) in [5.74, 6) is 0. The van der Waals surface area contributed by atoms with Crippen LogP contribution >= 0.6 is 0 Å². The van der Waals surface area contributed by atoms with Crippen molar-refractivity contribution in [1.29, 1.82) is 0 Å². The van der Waals surface area contributed by atoms with Gasteiger partial charge in [0.15, 0.2) is 0 Å². The number of sulfonamides is 1. The molecule has 0 aromatic heterocycles. The third-order valence-corrected chi connectivity index (χ3v) is 5.21. The second kappa shape index (κ2) is 6.57. The average molecular weight is 248 g/mol. The number of hydrogen-bond acceptors (Lipinski definition) is 3. The van der Waals surface area contributed by atoms with Gasteiger partial charge in [-0.3, -0.25) is 0 Å². The fraction of sp³-hybridized carbons (Fsp3) is 1.00. The molecule has 0 bridgehead atoms. The summed E-state index contributed by atoms with van der Waals surface area (Å²) < 4.78 is 26.5. The van der Waals surface area contributed by atoms with Crippen molar-refractivity contribution in [3.63, 3.8) is 0 Å². The summed E-state index contributed by atoms with van der Waals surface area (Å²) in [6, 6.07) is 0.124. The zero-order valence-corrected chi connectivity index (χ0v) is 10.9. The van der Waals surface area contributed by atoms with Crippen molar-refractivity contribution in [2.45, 2.75) is 63.2 Å². The van der Waals surface area contributed by atoms with Crippen molar-refractivity contribution < 1.29 is 8.42 Å². The van der Waals surface area contributed by atoms with Gasteiger partial charge in [-0.2, -0.15) is 0 Å². The standard InChI is InChI=1S/C11H24N2O2S/c1-10(9-12)16(14,15)13-11-7-5-3-2-4-6-8-11/h10-11,13H,2-9,12H2,1H3. The van der Waals surface area contributed by atoms with E-state index in [1.54, 1.807) is 6.92 Å². The highest BCUT2D eigenvalue weighted by atomic mass is 32.2. The molecule has 96 valence electrons. The van der Waals surface area contributed by atoms with E-state index < -0.39 is 15.3 Å². The predicted molar refractivity (Wildman–Crippen MR) is 66.7 cm³/mol. The fourth-order valence-electron chi connectivity index (χ4n) is 2.05. The molecule has 0 amide bonds. The molecule has 0 aromatic rings. The highest BCUT2D eigenvalue weighted by Gasteiger charge is 2.23. The summed E-state index contributed by atoms with van der Waals surface area (Å²) in [7, 11) is -3.21. The third-order valence-electron chi connectivity index (χ3n) is 3.30. The first-order valence-electron chi connectivity index (χ1n) is 6.27. The van der Waals surface area contributed by atoms with Crippen molar-refractivity contribution in [2.75, 3.05) is 6.54 Å². The van der Waals surface area contributed by atoms with E-state index in [4.69, 9.17) is 5.73 Å². The molecule has 1 aliphatic carbocycles. The maximum absolute atomic E-state index is 11.8. The van der Waals surface area contributed by atoms with Gasteiger partial charge in [-0.15, -0.1) is 0 Å². The van der Waals surface area contributed by atoms with Crippen molar-refractivity contribution in [2.24, 2.45) is 5.73 Å². The molecule has 0 radical (unpaired) electrons. The molecule has 0 saturated heterocycles. The van der Waals surface area contributed by atoms with Crippen LogP contribution in [0.15, 0.2) is 0 Å². The first-order chi connectivity index (χ1) is 7.56. The summed E-state index contributed by atoms with van der Waals surface area (Å²) in [5.41, 5.74) is 5.40. The lowest BCUT2D eigenvalue weighted by atomic mass is 9.97. The van der Waals surface area contributed by atoms with Gasteiger partial charge in [-0.05, 0) is 19.8 Å². The Morgan fingerprint density at radius 3 is 2.19 bits per heavy atom. The van der Waals surface area contributed by atoms with E-state index in [2.05, 4.69) is 4.72 Å². The van der Waals surface area contributed by atoms with Gasteiger partial charge < -0.3 is 5.73 Å². The second-order valence-corrected chi connectivity index (χ2v) is 6.88. The van der Waals surface area contributed by atoms with Crippen LogP contribution in [0.5, 0.6) is 0 Å². The van der Waals surface area contributed by atoms with E-state index in [1.165, 1.54) is 19.3 Å². The van der Waals surface area contributed by atoms with Crippen LogP contribution in [0.2, 0.25) is 0 Å². The minimum Gasteiger partial charge on any atom is -0.329 e. The molecule has 1 fully saturated rings. The summed E-state index contributed by atoms with van der Waals surface area (Å²) in [5, 5.41) is -0.488. The Bertz CT molecular complexity index is 282. The maximum Gasteiger partial charge on any atom is 0.215 e. The van der Waals surface area contributed by atoms with Gasteiger partial charge in [0, 0.05) is 12.6 Å². The molecule has 0 aliphatic heterocycles. The van der Waals surface area contributed by atoms with Crippen LogP contribution in [0, 0.1) is 0 Å². The van der Waals surface area contributed by atoms with E-state index in [0.717, 1.165) is 25.7 Å². The lowest BCUT2D eigenvalue weighted by Gasteiger charge is -2.22. The molecule has 1 saturated carbocycles. The predicted octanol–water partition coefficient (Wildman–Crippen LogP) is 1.37. The number of hydrogen-bond donors (Lipinski definition) is 2. The Morgan fingerprint density at radius 1 is 1.19 bits per heavy atom. The lowest BCUT2D eigenvalue weighted by molar-refractivity contribution is 0.425. The number of nitrogens with two attached hydrogens (primary N) is 1. The van der Waals surface area contributed by atoms with Crippen molar-refractivity contribution in [3.8, 4) is 0 Å². The van der Waals surface area contributed by atoms with Crippen LogP contribution in [0.3, 0.4) is 0 Å². The smallest absolute Gasteiger partial charge is 0.215 e. The number of nitrogens with one attached hydrogen (secondary N) is 1. The normalized spacial score (nSPS) is 22.4. The monoisotopic (exact) mass is 248 g/mol. The quantitative estimate of drug-likeness (QED) is 0.789. The Kier molecular flexibility index (Phi) is 5.72. The summed E-state index contributed by atoms with van der Waals surface area (Å²) in [4.78, 5) is 0. The third kappa shape index (κ3) is 4.39. The van der Waals surface area contributed by atoms with Crippen LogP contribution < -0.4 is 10.5 Å². The molecule has 1 atom stereocenters. The van der Waals surface area contributed by atoms with Crippen LogP contribution in [-0.2, 0) is 10.0 Å². The van der Waals surface area contributed by atoms with Crippen LogP contribution in [-0.4, -0.2) is 26.3 Å². The molecule has 1 aliphatic rings. The lowest BCUT2D eigenvalue weighted by Crippen LogP contribution is -2.42. The van der Waals surface area contributed by atoms with E-state index in [-0.39, 0.29) is 12.6 Å². The second-order valence-electron chi connectivity index (χ2n) is 4.75. The maximum atomic E-state index is 11.8. The van der Waals surface area contributed by atoms with Gasteiger partial charge in [-0.25, -0.2) is 13.1 Å². The topological polar surface area (TPSA) is 72.2 Å². The first-order valence-corrected chi connectivity index (χ1v) is 7.82. The van der Waals surface area contributed by atoms with Gasteiger partial charge in [0.05, 0.1) is 5.25 Å². The molecule has 4 nitrogen and oxygen atoms in total. The van der Waals surface area contributed by atoms with Gasteiger partial charge in [0.25, 0.3) is 0 Å². The highest BCUT2D eigenvalue weighted by Crippen LogP contribution is 2.18. The zero-order valence-electron chi connectivity index (χ0n) is 10.1. The summed E-state index contributed by atoms with van der Waals surface area (Å²) in [6.07, 6.45) is 7.94. The minimum atomic E-state index is -3.21. The van der Waals surface area contributed by atoms with Crippen LogP contribution in [0.25, 0.3) is 0 Å². The van der Waals surface area contributed by atoms with Crippen LogP contribution in [0.4, 0.5) is 0 Å². The molecule has 3 N–H and O–H groups in total. The van der Waals surface area contributed by atoms with Gasteiger partial charge in [0.2, 0.25) is 10.0 Å². The van der Waals surface area contributed by atoms with E-state index in [9.17, 15) is 8.42 Å². The Hall–Kier alpha value is -0.130. The van der Waals surface area contributed by atoms with Crippen molar-refractivity contribution in [3.05, 3.63) is 0 Å². The summed E-state index contributed by atoms with van der Waals surface area (Å²) >= 11 is 0. The first kappa shape index (κ1) is 13.9. The Morgan fingerprint density at radius 2 is 1.69 bits per heavy atom.